The van der Waals surface area contributed by atoms with Crippen LogP contribution in [0.5, 0.6) is 0 Å². The highest BCUT2D eigenvalue weighted by atomic mass is 79.9. The van der Waals surface area contributed by atoms with E-state index in [1.807, 2.05) is 0 Å². The molecule has 2 N–H and O–H groups in total. The molecular formula is C12H14BrN5O2. The van der Waals surface area contributed by atoms with Crippen LogP contribution in [0.1, 0.15) is 19.3 Å². The van der Waals surface area contributed by atoms with Gasteiger partial charge in [-0.05, 0) is 28.8 Å². The molecule has 20 heavy (non-hydrogen) atoms. The van der Waals surface area contributed by atoms with E-state index < -0.39 is 11.4 Å². The Labute approximate surface area is 123 Å². The summed E-state index contributed by atoms with van der Waals surface area (Å²) in [6.45, 7) is 0.371. The third-order valence-electron chi connectivity index (χ3n) is 3.94. The van der Waals surface area contributed by atoms with Crippen LogP contribution in [-0.4, -0.2) is 37.4 Å². The number of nitrogens with zero attached hydrogens (tertiary/aromatic N) is 4. The number of aromatic nitrogens is 4. The maximum absolute atomic E-state index is 11.4. The van der Waals surface area contributed by atoms with Crippen molar-refractivity contribution in [3.63, 3.8) is 0 Å². The molecule has 1 saturated carbocycles. The molecule has 0 aromatic carbocycles. The Bertz CT molecular complexity index is 680. The molecule has 3 rings (SSSR count). The van der Waals surface area contributed by atoms with Gasteiger partial charge in [0, 0.05) is 13.6 Å². The molecule has 1 aliphatic rings. The number of carbonyl (C=O) groups is 1. The number of aryl methyl sites for hydroxylation is 1. The van der Waals surface area contributed by atoms with E-state index in [-0.39, 0.29) is 0 Å². The van der Waals surface area contributed by atoms with E-state index >= 15 is 0 Å². The van der Waals surface area contributed by atoms with Crippen molar-refractivity contribution < 1.29 is 9.90 Å². The SMILES string of the molecule is Cn1nc(Br)c2c(NCC3(C(=O)O)CCC3)ncnc21. The average molecular weight is 340 g/mol. The van der Waals surface area contributed by atoms with Gasteiger partial charge in [-0.2, -0.15) is 5.10 Å². The number of hydrogen-bond acceptors (Lipinski definition) is 5. The number of hydrogen-bond donors (Lipinski definition) is 2. The van der Waals surface area contributed by atoms with Gasteiger partial charge in [-0.15, -0.1) is 0 Å². The molecule has 1 aliphatic carbocycles. The summed E-state index contributed by atoms with van der Waals surface area (Å²) in [6.07, 6.45) is 3.83. The molecule has 0 aliphatic heterocycles. The maximum Gasteiger partial charge on any atom is 0.311 e. The minimum atomic E-state index is -0.744. The van der Waals surface area contributed by atoms with Crippen molar-refractivity contribution in [1.82, 2.24) is 19.7 Å². The number of carboxylic acid groups (broad SMARTS) is 1. The van der Waals surface area contributed by atoms with E-state index in [1.54, 1.807) is 11.7 Å². The van der Waals surface area contributed by atoms with Crippen LogP contribution in [0.4, 0.5) is 5.82 Å². The third-order valence-corrected chi connectivity index (χ3v) is 4.49. The summed E-state index contributed by atoms with van der Waals surface area (Å²) in [5.41, 5.74) is 0.0405. The van der Waals surface area contributed by atoms with E-state index in [4.69, 9.17) is 0 Å². The number of carboxylic acids is 1. The first-order chi connectivity index (χ1) is 9.53. The summed E-state index contributed by atoms with van der Waals surface area (Å²) in [4.78, 5) is 19.7. The lowest BCUT2D eigenvalue weighted by Gasteiger charge is -2.37. The van der Waals surface area contributed by atoms with Crippen LogP contribution in [0, 0.1) is 5.41 Å². The zero-order chi connectivity index (χ0) is 14.3. The van der Waals surface area contributed by atoms with E-state index in [1.165, 1.54) is 6.33 Å². The highest BCUT2D eigenvalue weighted by molar-refractivity contribution is 9.10. The molecule has 1 fully saturated rings. The molecular weight excluding hydrogens is 326 g/mol. The first-order valence-corrected chi connectivity index (χ1v) is 7.13. The average Bonchev–Trinajstić information content (AvgIpc) is 2.64. The second-order valence-electron chi connectivity index (χ2n) is 5.13. The van der Waals surface area contributed by atoms with Crippen LogP contribution in [0.25, 0.3) is 11.0 Å². The van der Waals surface area contributed by atoms with Gasteiger partial charge in [-0.3, -0.25) is 4.79 Å². The molecule has 7 nitrogen and oxygen atoms in total. The maximum atomic E-state index is 11.4. The van der Waals surface area contributed by atoms with Crippen LogP contribution >= 0.6 is 15.9 Å². The summed E-state index contributed by atoms with van der Waals surface area (Å²) in [7, 11) is 1.80. The molecule has 0 spiro atoms. The van der Waals surface area contributed by atoms with Gasteiger partial charge in [0.25, 0.3) is 0 Å². The summed E-state index contributed by atoms with van der Waals surface area (Å²) in [6, 6.07) is 0. The number of anilines is 1. The second-order valence-corrected chi connectivity index (χ2v) is 5.88. The lowest BCUT2D eigenvalue weighted by molar-refractivity contribution is -0.153. The van der Waals surface area contributed by atoms with Crippen molar-refractivity contribution in [3.05, 3.63) is 10.9 Å². The number of rotatable bonds is 4. The fourth-order valence-corrected chi connectivity index (χ4v) is 3.10. The molecule has 106 valence electrons. The molecule has 0 amide bonds. The Morgan fingerprint density at radius 1 is 1.55 bits per heavy atom. The fraction of sp³-hybridized carbons (Fsp3) is 0.500. The molecule has 0 saturated heterocycles. The minimum absolute atomic E-state index is 0.371. The first-order valence-electron chi connectivity index (χ1n) is 6.34. The summed E-state index contributed by atoms with van der Waals surface area (Å²) < 4.78 is 2.30. The topological polar surface area (TPSA) is 92.9 Å². The summed E-state index contributed by atoms with van der Waals surface area (Å²) in [5, 5.41) is 17.5. The van der Waals surface area contributed by atoms with Crippen molar-refractivity contribution in [1.29, 1.82) is 0 Å². The van der Waals surface area contributed by atoms with Gasteiger partial charge in [0.15, 0.2) is 5.65 Å². The smallest absolute Gasteiger partial charge is 0.311 e. The standard InChI is InChI=1S/C12H14BrN5O2/c1-18-10-7(8(13)17-18)9(15-6-16-10)14-5-12(11(19)20)3-2-4-12/h6H,2-5H2,1H3,(H,19,20)(H,14,15,16). The molecule has 0 radical (unpaired) electrons. The van der Waals surface area contributed by atoms with Gasteiger partial charge in [-0.1, -0.05) is 6.42 Å². The van der Waals surface area contributed by atoms with Crippen LogP contribution in [0.2, 0.25) is 0 Å². The van der Waals surface area contributed by atoms with Gasteiger partial charge in [0.2, 0.25) is 0 Å². The van der Waals surface area contributed by atoms with E-state index in [9.17, 15) is 9.90 Å². The lowest BCUT2D eigenvalue weighted by atomic mass is 9.69. The minimum Gasteiger partial charge on any atom is -0.481 e. The predicted molar refractivity (Wildman–Crippen MR) is 76.4 cm³/mol. The third kappa shape index (κ3) is 1.94. The monoisotopic (exact) mass is 339 g/mol. The van der Waals surface area contributed by atoms with Gasteiger partial charge >= 0.3 is 5.97 Å². The van der Waals surface area contributed by atoms with Crippen LogP contribution in [0.15, 0.2) is 10.9 Å². The molecule has 2 aromatic rings. The van der Waals surface area contributed by atoms with Crippen molar-refractivity contribution in [2.24, 2.45) is 12.5 Å². The highest BCUT2D eigenvalue weighted by Gasteiger charge is 2.44. The van der Waals surface area contributed by atoms with Crippen molar-refractivity contribution in [2.75, 3.05) is 11.9 Å². The molecule has 2 heterocycles. The van der Waals surface area contributed by atoms with Gasteiger partial charge in [0.05, 0.1) is 10.8 Å². The van der Waals surface area contributed by atoms with Crippen LogP contribution < -0.4 is 5.32 Å². The van der Waals surface area contributed by atoms with E-state index in [2.05, 4.69) is 36.3 Å². The zero-order valence-corrected chi connectivity index (χ0v) is 12.5. The Morgan fingerprint density at radius 3 is 2.90 bits per heavy atom. The fourth-order valence-electron chi connectivity index (χ4n) is 2.50. The normalized spacial score (nSPS) is 16.9. The van der Waals surface area contributed by atoms with Crippen molar-refractivity contribution in [3.8, 4) is 0 Å². The van der Waals surface area contributed by atoms with Gasteiger partial charge in [-0.25, -0.2) is 14.6 Å². The molecule has 8 heteroatoms. The Hall–Kier alpha value is -1.70. The van der Waals surface area contributed by atoms with E-state index in [0.29, 0.717) is 35.5 Å². The number of aliphatic carboxylic acids is 1. The molecule has 0 bridgehead atoms. The quantitative estimate of drug-likeness (QED) is 0.882. The zero-order valence-electron chi connectivity index (χ0n) is 10.9. The number of fused-ring (bicyclic) bond motifs is 1. The summed E-state index contributed by atoms with van der Waals surface area (Å²) in [5.74, 6) is -0.130. The summed E-state index contributed by atoms with van der Waals surface area (Å²) >= 11 is 3.38. The number of halogens is 1. The van der Waals surface area contributed by atoms with E-state index in [0.717, 1.165) is 11.8 Å². The van der Waals surface area contributed by atoms with Crippen molar-refractivity contribution >= 4 is 38.8 Å². The second kappa shape index (κ2) is 4.69. The first kappa shape index (κ1) is 13.3. The lowest BCUT2D eigenvalue weighted by Crippen LogP contribution is -2.43. The van der Waals surface area contributed by atoms with Gasteiger partial charge < -0.3 is 10.4 Å². The Balaban J connectivity index is 1.90. The number of nitrogens with one attached hydrogen (secondary N) is 1. The van der Waals surface area contributed by atoms with Crippen LogP contribution in [0.3, 0.4) is 0 Å². The predicted octanol–water partition coefficient (Wildman–Crippen LogP) is 1.79. The van der Waals surface area contributed by atoms with Crippen LogP contribution in [-0.2, 0) is 11.8 Å². The molecule has 2 aromatic heterocycles. The Kier molecular flexibility index (Phi) is 3.12. The highest BCUT2D eigenvalue weighted by Crippen LogP contribution is 2.41. The van der Waals surface area contributed by atoms with Gasteiger partial charge in [0.1, 0.15) is 16.7 Å². The largest absolute Gasteiger partial charge is 0.481 e. The van der Waals surface area contributed by atoms with Crippen molar-refractivity contribution in [2.45, 2.75) is 19.3 Å². The molecule has 0 atom stereocenters. The Morgan fingerprint density at radius 2 is 2.30 bits per heavy atom. The molecule has 0 unspecified atom stereocenters.